The summed E-state index contributed by atoms with van der Waals surface area (Å²) in [6.45, 7) is 6.08. The molecule has 4 aromatic rings. The van der Waals surface area contributed by atoms with E-state index in [0.717, 1.165) is 16.6 Å². The molecule has 33 heavy (non-hydrogen) atoms. The number of hydrogen-bond acceptors (Lipinski definition) is 7. The number of rotatable bonds is 7. The van der Waals surface area contributed by atoms with Crippen LogP contribution in [0.25, 0.3) is 16.7 Å². The molecule has 0 radical (unpaired) electrons. The standard InChI is InChI=1S/C24H23N5O3S/c1-4-32-24(31)17-7-5-6-8-19(17)28-21(30)13-33-23-18-12-27-29(22(18)25-14-26-23)20-10-9-15(2)11-16(20)3/h5-12,14H,4,13H2,1-3H3,(H,28,30). The third-order valence-electron chi connectivity index (χ3n) is 4.95. The molecule has 0 saturated carbocycles. The van der Waals surface area contributed by atoms with E-state index in [1.54, 1.807) is 42.1 Å². The number of hydrogen-bond donors (Lipinski definition) is 1. The molecule has 0 unspecified atom stereocenters. The first-order chi connectivity index (χ1) is 16.0. The number of carbonyl (C=O) groups excluding carboxylic acids is 2. The number of thioether (sulfide) groups is 1. The van der Waals surface area contributed by atoms with Gasteiger partial charge in [0.2, 0.25) is 5.91 Å². The number of nitrogens with zero attached hydrogens (tertiary/aromatic N) is 4. The molecular weight excluding hydrogens is 438 g/mol. The summed E-state index contributed by atoms with van der Waals surface area (Å²) in [6.07, 6.45) is 3.19. The molecule has 9 heteroatoms. The first-order valence-electron chi connectivity index (χ1n) is 10.4. The third kappa shape index (κ3) is 4.88. The van der Waals surface area contributed by atoms with Gasteiger partial charge in [0.15, 0.2) is 5.65 Å². The van der Waals surface area contributed by atoms with Crippen molar-refractivity contribution in [2.75, 3.05) is 17.7 Å². The van der Waals surface area contributed by atoms with Crippen molar-refractivity contribution in [3.8, 4) is 5.69 Å². The average molecular weight is 462 g/mol. The Kier molecular flexibility index (Phi) is 6.69. The highest BCUT2D eigenvalue weighted by Crippen LogP contribution is 2.27. The van der Waals surface area contributed by atoms with Crippen LogP contribution in [0.3, 0.4) is 0 Å². The summed E-state index contributed by atoms with van der Waals surface area (Å²) >= 11 is 1.28. The Morgan fingerprint density at radius 2 is 1.94 bits per heavy atom. The Morgan fingerprint density at radius 3 is 2.73 bits per heavy atom. The van der Waals surface area contributed by atoms with Crippen molar-refractivity contribution in [3.05, 3.63) is 71.7 Å². The van der Waals surface area contributed by atoms with E-state index in [0.29, 0.717) is 21.9 Å². The Hall–Kier alpha value is -3.72. The van der Waals surface area contributed by atoms with Crippen molar-refractivity contribution >= 4 is 40.4 Å². The average Bonchev–Trinajstić information content (AvgIpc) is 3.23. The zero-order valence-electron chi connectivity index (χ0n) is 18.5. The van der Waals surface area contributed by atoms with Crippen LogP contribution in [0.4, 0.5) is 5.69 Å². The minimum atomic E-state index is -0.475. The van der Waals surface area contributed by atoms with Crippen molar-refractivity contribution < 1.29 is 14.3 Å². The molecule has 2 aromatic heterocycles. The lowest BCUT2D eigenvalue weighted by Gasteiger charge is -2.10. The van der Waals surface area contributed by atoms with Crippen molar-refractivity contribution in [2.24, 2.45) is 0 Å². The van der Waals surface area contributed by atoms with Gasteiger partial charge in [0.1, 0.15) is 11.4 Å². The van der Waals surface area contributed by atoms with Gasteiger partial charge in [0.25, 0.3) is 0 Å². The molecule has 4 rings (SSSR count). The number of para-hydroxylation sites is 1. The lowest BCUT2D eigenvalue weighted by atomic mass is 10.1. The fourth-order valence-corrected chi connectivity index (χ4v) is 4.22. The number of aryl methyl sites for hydroxylation is 2. The van der Waals surface area contributed by atoms with E-state index < -0.39 is 5.97 Å². The Bertz CT molecular complexity index is 1330. The number of aromatic nitrogens is 4. The summed E-state index contributed by atoms with van der Waals surface area (Å²) in [7, 11) is 0. The number of benzene rings is 2. The van der Waals surface area contributed by atoms with Gasteiger partial charge in [-0.25, -0.2) is 19.4 Å². The van der Waals surface area contributed by atoms with Gasteiger partial charge in [0.05, 0.1) is 40.9 Å². The van der Waals surface area contributed by atoms with Gasteiger partial charge in [-0.15, -0.1) is 0 Å². The predicted octanol–water partition coefficient (Wildman–Crippen LogP) is 4.34. The number of anilines is 1. The largest absolute Gasteiger partial charge is 0.462 e. The molecule has 0 spiro atoms. The zero-order valence-corrected chi connectivity index (χ0v) is 19.3. The smallest absolute Gasteiger partial charge is 0.340 e. The zero-order chi connectivity index (χ0) is 23.4. The molecule has 0 atom stereocenters. The van der Waals surface area contributed by atoms with Crippen LogP contribution < -0.4 is 5.32 Å². The molecule has 0 saturated heterocycles. The van der Waals surface area contributed by atoms with Crippen molar-refractivity contribution in [1.82, 2.24) is 19.7 Å². The summed E-state index contributed by atoms with van der Waals surface area (Å²) in [6, 6.07) is 12.9. The number of ether oxygens (including phenoxy) is 1. The van der Waals surface area contributed by atoms with Crippen LogP contribution in [0.15, 0.2) is 60.0 Å². The highest BCUT2D eigenvalue weighted by atomic mass is 32.2. The number of carbonyl (C=O) groups is 2. The maximum absolute atomic E-state index is 12.6. The topological polar surface area (TPSA) is 99.0 Å². The monoisotopic (exact) mass is 461 g/mol. The van der Waals surface area contributed by atoms with Crippen LogP contribution in [0, 0.1) is 13.8 Å². The SMILES string of the molecule is CCOC(=O)c1ccccc1NC(=O)CSc1ncnc2c1cnn2-c1ccc(C)cc1C. The lowest BCUT2D eigenvalue weighted by Crippen LogP contribution is -2.17. The van der Waals surface area contributed by atoms with Crippen molar-refractivity contribution in [2.45, 2.75) is 25.8 Å². The quantitative estimate of drug-likeness (QED) is 0.248. The first-order valence-corrected chi connectivity index (χ1v) is 11.4. The maximum atomic E-state index is 12.6. The van der Waals surface area contributed by atoms with E-state index in [2.05, 4.69) is 26.4 Å². The van der Waals surface area contributed by atoms with Crippen molar-refractivity contribution in [1.29, 1.82) is 0 Å². The normalized spacial score (nSPS) is 10.9. The highest BCUT2D eigenvalue weighted by Gasteiger charge is 2.16. The first kappa shape index (κ1) is 22.5. The third-order valence-corrected chi connectivity index (χ3v) is 5.95. The fraction of sp³-hybridized carbons (Fsp3) is 0.208. The second-order valence-corrected chi connectivity index (χ2v) is 8.33. The molecule has 2 aromatic carbocycles. The minimum Gasteiger partial charge on any atom is -0.462 e. The van der Waals surface area contributed by atoms with Gasteiger partial charge in [0, 0.05) is 0 Å². The minimum absolute atomic E-state index is 0.109. The van der Waals surface area contributed by atoms with Crippen molar-refractivity contribution in [3.63, 3.8) is 0 Å². The van der Waals surface area contributed by atoms with E-state index in [-0.39, 0.29) is 18.3 Å². The Morgan fingerprint density at radius 1 is 1.12 bits per heavy atom. The van der Waals surface area contributed by atoms with Crippen LogP contribution in [-0.2, 0) is 9.53 Å². The molecular formula is C24H23N5O3S. The molecule has 2 heterocycles. The molecule has 1 amide bonds. The number of esters is 1. The summed E-state index contributed by atoms with van der Waals surface area (Å²) in [5, 5.41) is 8.72. The summed E-state index contributed by atoms with van der Waals surface area (Å²) < 4.78 is 6.84. The van der Waals surface area contributed by atoms with Gasteiger partial charge < -0.3 is 10.1 Å². The van der Waals surface area contributed by atoms with Crippen LogP contribution in [0.1, 0.15) is 28.4 Å². The molecule has 0 bridgehead atoms. The van der Waals surface area contributed by atoms with Gasteiger partial charge in [-0.1, -0.05) is 41.6 Å². The Labute approximate surface area is 195 Å². The highest BCUT2D eigenvalue weighted by molar-refractivity contribution is 8.00. The summed E-state index contributed by atoms with van der Waals surface area (Å²) in [5.74, 6) is -0.625. The van der Waals surface area contributed by atoms with Crippen LogP contribution in [0.5, 0.6) is 0 Å². The summed E-state index contributed by atoms with van der Waals surface area (Å²) in [5.41, 5.74) is 4.61. The summed E-state index contributed by atoms with van der Waals surface area (Å²) in [4.78, 5) is 33.5. The van der Waals surface area contributed by atoms with Crippen LogP contribution in [0.2, 0.25) is 0 Å². The van der Waals surface area contributed by atoms with E-state index in [4.69, 9.17) is 4.74 Å². The van der Waals surface area contributed by atoms with E-state index >= 15 is 0 Å². The second-order valence-electron chi connectivity index (χ2n) is 7.37. The molecule has 168 valence electrons. The molecule has 8 nitrogen and oxygen atoms in total. The molecule has 0 aliphatic heterocycles. The van der Waals surface area contributed by atoms with Crippen LogP contribution in [-0.4, -0.2) is 44.0 Å². The predicted molar refractivity (Wildman–Crippen MR) is 128 cm³/mol. The van der Waals surface area contributed by atoms with Gasteiger partial charge in [-0.05, 0) is 44.5 Å². The van der Waals surface area contributed by atoms with Gasteiger partial charge in [-0.3, -0.25) is 4.79 Å². The number of amides is 1. The molecule has 0 aliphatic carbocycles. The van der Waals surface area contributed by atoms with E-state index in [1.165, 1.54) is 23.7 Å². The second kappa shape index (κ2) is 9.83. The van der Waals surface area contributed by atoms with Gasteiger partial charge in [-0.2, -0.15) is 5.10 Å². The van der Waals surface area contributed by atoms with Crippen LogP contribution >= 0.6 is 11.8 Å². The Balaban J connectivity index is 1.51. The fourth-order valence-electron chi connectivity index (χ4n) is 3.46. The molecule has 0 fully saturated rings. The van der Waals surface area contributed by atoms with Gasteiger partial charge >= 0.3 is 5.97 Å². The molecule has 0 aliphatic rings. The maximum Gasteiger partial charge on any atom is 0.340 e. The number of fused-ring (bicyclic) bond motifs is 1. The lowest BCUT2D eigenvalue weighted by molar-refractivity contribution is -0.113. The van der Waals surface area contributed by atoms with E-state index in [1.807, 2.05) is 26.0 Å². The molecule has 1 N–H and O–H groups in total. The van der Waals surface area contributed by atoms with E-state index in [9.17, 15) is 9.59 Å². The number of nitrogens with one attached hydrogen (secondary N) is 1.